The molecule has 2 aromatic carbocycles. The van der Waals surface area contributed by atoms with E-state index in [2.05, 4.69) is 23.6 Å². The number of oxazole rings is 1. The smallest absolute Gasteiger partial charge is 0.335 e. The van der Waals surface area contributed by atoms with Crippen molar-refractivity contribution >= 4 is 21.7 Å². The molecule has 0 radical (unpaired) electrons. The first-order valence-electron chi connectivity index (χ1n) is 8.71. The van der Waals surface area contributed by atoms with Gasteiger partial charge in [-0.1, -0.05) is 26.0 Å². The van der Waals surface area contributed by atoms with Crippen LogP contribution < -0.4 is 9.46 Å². The highest BCUT2D eigenvalue weighted by Gasteiger charge is 2.22. The van der Waals surface area contributed by atoms with Crippen LogP contribution >= 0.6 is 0 Å². The number of carboxylic acids is 1. The molecule has 0 bridgehead atoms. The zero-order valence-corrected chi connectivity index (χ0v) is 16.9. The maximum absolute atomic E-state index is 12.7. The molecule has 0 amide bonds. The minimum absolute atomic E-state index is 0.0293. The SMILES string of the molecule is COc1cc(C(=O)O)ccc1NS(=O)(=O)c1coc(-c2ccc(C(C)C)cc2)n1. The number of anilines is 1. The average Bonchev–Trinajstić information content (AvgIpc) is 3.19. The molecule has 3 aromatic rings. The lowest BCUT2D eigenvalue weighted by Gasteiger charge is -2.11. The van der Waals surface area contributed by atoms with Crippen LogP contribution in [0.1, 0.15) is 35.7 Å². The lowest BCUT2D eigenvalue weighted by Crippen LogP contribution is -2.14. The van der Waals surface area contributed by atoms with Gasteiger partial charge in [-0.25, -0.2) is 4.79 Å². The Kier molecular flexibility index (Phi) is 5.60. The molecule has 152 valence electrons. The molecule has 2 N–H and O–H groups in total. The minimum Gasteiger partial charge on any atom is -0.495 e. The first-order chi connectivity index (χ1) is 13.7. The normalized spacial score (nSPS) is 11.4. The van der Waals surface area contributed by atoms with Crippen molar-refractivity contribution in [3.05, 3.63) is 59.9 Å². The summed E-state index contributed by atoms with van der Waals surface area (Å²) in [5.41, 5.74) is 1.85. The molecule has 0 aliphatic heterocycles. The van der Waals surface area contributed by atoms with Gasteiger partial charge in [0.1, 0.15) is 12.0 Å². The fraction of sp³-hybridized carbons (Fsp3) is 0.200. The number of methoxy groups -OCH3 is 1. The second-order valence-corrected chi connectivity index (χ2v) is 8.22. The predicted octanol–water partition coefficient (Wildman–Crippen LogP) is 3.97. The number of benzene rings is 2. The molecule has 1 heterocycles. The maximum Gasteiger partial charge on any atom is 0.335 e. The van der Waals surface area contributed by atoms with Gasteiger partial charge in [-0.3, -0.25) is 4.72 Å². The Hall–Kier alpha value is -3.33. The highest BCUT2D eigenvalue weighted by Crippen LogP contribution is 2.29. The third-order valence-corrected chi connectivity index (χ3v) is 5.50. The molecule has 9 heteroatoms. The first-order valence-corrected chi connectivity index (χ1v) is 10.2. The van der Waals surface area contributed by atoms with Crippen LogP contribution in [0.4, 0.5) is 5.69 Å². The predicted molar refractivity (Wildman–Crippen MR) is 107 cm³/mol. The van der Waals surface area contributed by atoms with Crippen molar-refractivity contribution in [1.29, 1.82) is 0 Å². The second-order valence-electron chi connectivity index (χ2n) is 6.59. The van der Waals surface area contributed by atoms with Gasteiger partial charge in [0.2, 0.25) is 10.9 Å². The number of sulfonamides is 1. The van der Waals surface area contributed by atoms with E-state index in [1.165, 1.54) is 25.3 Å². The topological polar surface area (TPSA) is 119 Å². The van der Waals surface area contributed by atoms with Crippen molar-refractivity contribution in [3.8, 4) is 17.2 Å². The van der Waals surface area contributed by atoms with Crippen molar-refractivity contribution in [3.63, 3.8) is 0 Å². The van der Waals surface area contributed by atoms with Gasteiger partial charge in [-0.2, -0.15) is 13.4 Å². The molecular weight excluding hydrogens is 396 g/mol. The Morgan fingerprint density at radius 3 is 2.45 bits per heavy atom. The van der Waals surface area contributed by atoms with Crippen molar-refractivity contribution in [2.45, 2.75) is 24.8 Å². The summed E-state index contributed by atoms with van der Waals surface area (Å²) in [6.45, 7) is 4.15. The molecule has 0 fully saturated rings. The molecular formula is C20H20N2O6S. The molecule has 0 unspecified atom stereocenters. The van der Waals surface area contributed by atoms with E-state index in [4.69, 9.17) is 14.3 Å². The molecule has 8 nitrogen and oxygen atoms in total. The number of aromatic carboxylic acids is 1. The van der Waals surface area contributed by atoms with Crippen LogP contribution in [0.2, 0.25) is 0 Å². The zero-order chi connectivity index (χ0) is 21.2. The van der Waals surface area contributed by atoms with E-state index in [0.717, 1.165) is 11.8 Å². The standard InChI is InChI=1S/C20H20N2O6S/c1-12(2)13-4-6-14(7-5-13)19-21-18(11-28-19)29(25,26)22-16-9-8-15(20(23)24)10-17(16)27-3/h4-12,22H,1-3H3,(H,23,24). The monoisotopic (exact) mass is 416 g/mol. The van der Waals surface area contributed by atoms with E-state index in [1.807, 2.05) is 24.3 Å². The molecule has 3 rings (SSSR count). The third-order valence-electron chi connectivity index (χ3n) is 4.28. The number of carbonyl (C=O) groups is 1. The number of hydrogen-bond acceptors (Lipinski definition) is 6. The number of hydrogen-bond donors (Lipinski definition) is 2. The summed E-state index contributed by atoms with van der Waals surface area (Å²) in [6, 6.07) is 11.3. The number of nitrogens with zero attached hydrogens (tertiary/aromatic N) is 1. The van der Waals surface area contributed by atoms with Gasteiger partial charge >= 0.3 is 5.97 Å². The average molecular weight is 416 g/mol. The summed E-state index contributed by atoms with van der Waals surface area (Å²) in [4.78, 5) is 15.1. The fourth-order valence-electron chi connectivity index (χ4n) is 2.63. The molecule has 1 aromatic heterocycles. The lowest BCUT2D eigenvalue weighted by atomic mass is 10.0. The quantitative estimate of drug-likeness (QED) is 0.598. The Bertz CT molecular complexity index is 1130. The van der Waals surface area contributed by atoms with Crippen LogP contribution in [0, 0.1) is 0 Å². The molecule has 0 atom stereocenters. The highest BCUT2D eigenvalue weighted by molar-refractivity contribution is 7.92. The Balaban J connectivity index is 1.87. The molecule has 0 spiro atoms. The largest absolute Gasteiger partial charge is 0.495 e. The number of aromatic nitrogens is 1. The van der Waals surface area contributed by atoms with Gasteiger partial charge in [0.05, 0.1) is 18.4 Å². The van der Waals surface area contributed by atoms with Crippen LogP contribution in [0.15, 0.2) is 58.2 Å². The van der Waals surface area contributed by atoms with E-state index < -0.39 is 16.0 Å². The summed E-state index contributed by atoms with van der Waals surface area (Å²) < 4.78 is 38.1. The van der Waals surface area contributed by atoms with Crippen LogP contribution in [0.25, 0.3) is 11.5 Å². The third kappa shape index (κ3) is 4.40. The molecule has 29 heavy (non-hydrogen) atoms. The van der Waals surface area contributed by atoms with Crippen LogP contribution in [0.3, 0.4) is 0 Å². The van der Waals surface area contributed by atoms with E-state index in [-0.39, 0.29) is 27.9 Å². The van der Waals surface area contributed by atoms with Crippen molar-refractivity contribution in [1.82, 2.24) is 4.98 Å². The Labute approximate surface area is 168 Å². The molecule has 0 aliphatic carbocycles. The zero-order valence-electron chi connectivity index (χ0n) is 16.0. The molecule has 0 aliphatic rings. The van der Waals surface area contributed by atoms with Crippen LogP contribution in [0.5, 0.6) is 5.75 Å². The van der Waals surface area contributed by atoms with Crippen molar-refractivity contribution in [2.75, 3.05) is 11.8 Å². The van der Waals surface area contributed by atoms with Crippen LogP contribution in [-0.2, 0) is 10.0 Å². The van der Waals surface area contributed by atoms with E-state index in [1.54, 1.807) is 0 Å². The van der Waals surface area contributed by atoms with Gasteiger partial charge in [0.25, 0.3) is 10.0 Å². The Morgan fingerprint density at radius 1 is 1.17 bits per heavy atom. The molecule has 0 saturated heterocycles. The van der Waals surface area contributed by atoms with Gasteiger partial charge in [0, 0.05) is 5.56 Å². The second kappa shape index (κ2) is 7.96. The summed E-state index contributed by atoms with van der Waals surface area (Å²) >= 11 is 0. The number of carboxylic acid groups (broad SMARTS) is 1. The van der Waals surface area contributed by atoms with Gasteiger partial charge < -0.3 is 14.3 Å². The highest BCUT2D eigenvalue weighted by atomic mass is 32.2. The Morgan fingerprint density at radius 2 is 1.86 bits per heavy atom. The van der Waals surface area contributed by atoms with Crippen LogP contribution in [-0.4, -0.2) is 31.6 Å². The summed E-state index contributed by atoms with van der Waals surface area (Å²) in [5, 5.41) is 8.75. The van der Waals surface area contributed by atoms with Gasteiger partial charge in [0.15, 0.2) is 0 Å². The minimum atomic E-state index is -4.07. The van der Waals surface area contributed by atoms with E-state index in [0.29, 0.717) is 11.5 Å². The van der Waals surface area contributed by atoms with E-state index in [9.17, 15) is 13.2 Å². The summed E-state index contributed by atoms with van der Waals surface area (Å²) in [5.74, 6) is -0.533. The first kappa shape index (κ1) is 20.4. The van der Waals surface area contributed by atoms with Gasteiger partial charge in [-0.15, -0.1) is 0 Å². The lowest BCUT2D eigenvalue weighted by molar-refractivity contribution is 0.0696. The van der Waals surface area contributed by atoms with E-state index >= 15 is 0 Å². The summed E-state index contributed by atoms with van der Waals surface area (Å²) in [6.07, 6.45) is 1.05. The van der Waals surface area contributed by atoms with Crippen molar-refractivity contribution < 1.29 is 27.5 Å². The number of nitrogens with one attached hydrogen (secondary N) is 1. The van der Waals surface area contributed by atoms with Gasteiger partial charge in [-0.05, 0) is 41.8 Å². The summed E-state index contributed by atoms with van der Waals surface area (Å²) in [7, 11) is -2.76. The molecule has 0 saturated carbocycles. The number of rotatable bonds is 7. The number of ether oxygens (including phenoxy) is 1. The van der Waals surface area contributed by atoms with Crippen molar-refractivity contribution in [2.24, 2.45) is 0 Å². The fourth-order valence-corrected chi connectivity index (χ4v) is 3.57. The maximum atomic E-state index is 12.7.